The van der Waals surface area contributed by atoms with E-state index in [0.29, 0.717) is 0 Å². The van der Waals surface area contributed by atoms with Crippen molar-refractivity contribution in [1.29, 1.82) is 10.5 Å². The average molecular weight is 256 g/mol. The molecule has 0 fully saturated rings. The molecule has 0 saturated carbocycles. The highest BCUT2D eigenvalue weighted by Gasteiger charge is 2.10. The van der Waals surface area contributed by atoms with E-state index in [4.69, 9.17) is 10.5 Å². The number of benzene rings is 1. The van der Waals surface area contributed by atoms with Gasteiger partial charge in [0.2, 0.25) is 0 Å². The number of nitriles is 2. The summed E-state index contributed by atoms with van der Waals surface area (Å²) >= 11 is 0. The van der Waals surface area contributed by atoms with Crippen LogP contribution in [-0.2, 0) is 0 Å². The first kappa shape index (κ1) is 12.3. The van der Waals surface area contributed by atoms with Gasteiger partial charge in [0.15, 0.2) is 0 Å². The third-order valence-electron chi connectivity index (χ3n) is 2.40. The minimum atomic E-state index is -0.868. The van der Waals surface area contributed by atoms with Crippen LogP contribution in [0.3, 0.4) is 0 Å². The quantitative estimate of drug-likeness (QED) is 0.797. The molecule has 0 aliphatic heterocycles. The van der Waals surface area contributed by atoms with Crippen molar-refractivity contribution >= 4 is 0 Å². The van der Waals surface area contributed by atoms with Crippen LogP contribution in [0, 0.1) is 28.5 Å². The average Bonchev–Trinajstić information content (AvgIpc) is 2.39. The molecule has 0 atom stereocenters. The molecule has 1 heterocycles. The number of aromatic amines is 1. The second-order valence-electron chi connectivity index (χ2n) is 3.56. The van der Waals surface area contributed by atoms with Gasteiger partial charge in [0.05, 0.1) is 17.3 Å². The van der Waals surface area contributed by atoms with Crippen molar-refractivity contribution in [2.24, 2.45) is 0 Å². The highest BCUT2D eigenvalue weighted by atomic mass is 19.1. The van der Waals surface area contributed by atoms with Crippen LogP contribution in [0.1, 0.15) is 11.1 Å². The zero-order chi connectivity index (χ0) is 14.0. The highest BCUT2D eigenvalue weighted by molar-refractivity contribution is 5.41. The zero-order valence-corrected chi connectivity index (χ0v) is 9.35. The molecule has 1 aromatic carbocycles. The lowest BCUT2D eigenvalue weighted by Gasteiger charge is -2.06. The van der Waals surface area contributed by atoms with Crippen molar-refractivity contribution in [3.8, 4) is 17.8 Å². The lowest BCUT2D eigenvalue weighted by Crippen LogP contribution is -2.30. The molecule has 0 saturated heterocycles. The molecule has 0 unspecified atom stereocenters. The predicted octanol–water partition coefficient (Wildman–Crippen LogP) is 0.408. The van der Waals surface area contributed by atoms with Crippen LogP contribution in [-0.4, -0.2) is 9.55 Å². The summed E-state index contributed by atoms with van der Waals surface area (Å²) in [7, 11) is 0. The Bertz CT molecular complexity index is 852. The number of hydrogen-bond acceptors (Lipinski definition) is 4. The molecule has 0 amide bonds. The number of nitrogens with one attached hydrogen (secondary N) is 1. The van der Waals surface area contributed by atoms with Gasteiger partial charge < -0.3 is 0 Å². The van der Waals surface area contributed by atoms with Crippen molar-refractivity contribution < 1.29 is 4.39 Å². The molecule has 0 bridgehead atoms. The zero-order valence-electron chi connectivity index (χ0n) is 9.35. The van der Waals surface area contributed by atoms with Gasteiger partial charge >= 0.3 is 5.69 Å². The predicted molar refractivity (Wildman–Crippen MR) is 62.0 cm³/mol. The molecule has 0 aliphatic carbocycles. The number of halogens is 1. The second-order valence-corrected chi connectivity index (χ2v) is 3.56. The molecule has 0 aliphatic rings. The molecular weight excluding hydrogens is 251 g/mol. The molecule has 0 radical (unpaired) electrons. The Morgan fingerprint density at radius 2 is 1.95 bits per heavy atom. The third kappa shape index (κ3) is 2.13. The van der Waals surface area contributed by atoms with Gasteiger partial charge in [-0.2, -0.15) is 10.5 Å². The molecule has 92 valence electrons. The van der Waals surface area contributed by atoms with E-state index in [1.54, 1.807) is 12.1 Å². The molecule has 7 heteroatoms. The van der Waals surface area contributed by atoms with Crippen LogP contribution < -0.4 is 11.2 Å². The first-order valence-corrected chi connectivity index (χ1v) is 5.03. The lowest BCUT2D eigenvalue weighted by molar-refractivity contribution is 0.613. The van der Waals surface area contributed by atoms with Gasteiger partial charge in [0.1, 0.15) is 17.4 Å². The summed E-state index contributed by atoms with van der Waals surface area (Å²) in [5, 5.41) is 17.3. The van der Waals surface area contributed by atoms with Crippen LogP contribution in [0.5, 0.6) is 0 Å². The summed E-state index contributed by atoms with van der Waals surface area (Å²) in [6, 6.07) is 6.85. The smallest absolute Gasteiger partial charge is 0.273 e. The van der Waals surface area contributed by atoms with Crippen molar-refractivity contribution in [3.05, 3.63) is 62.2 Å². The van der Waals surface area contributed by atoms with Crippen molar-refractivity contribution in [2.75, 3.05) is 0 Å². The Morgan fingerprint density at radius 3 is 2.53 bits per heavy atom. The topological polar surface area (TPSA) is 102 Å². The highest BCUT2D eigenvalue weighted by Crippen LogP contribution is 2.13. The molecule has 19 heavy (non-hydrogen) atoms. The maximum absolute atomic E-state index is 13.8. The summed E-state index contributed by atoms with van der Waals surface area (Å²) in [5.74, 6) is -0.808. The maximum atomic E-state index is 13.8. The molecule has 6 nitrogen and oxygen atoms in total. The van der Waals surface area contributed by atoms with Gasteiger partial charge in [-0.3, -0.25) is 14.3 Å². The fourth-order valence-corrected chi connectivity index (χ4v) is 1.50. The number of rotatable bonds is 1. The van der Waals surface area contributed by atoms with E-state index in [1.807, 2.05) is 4.98 Å². The monoisotopic (exact) mass is 256 g/mol. The lowest BCUT2D eigenvalue weighted by atomic mass is 10.2. The van der Waals surface area contributed by atoms with Crippen LogP contribution in [0.25, 0.3) is 5.69 Å². The normalized spacial score (nSPS) is 9.63. The van der Waals surface area contributed by atoms with E-state index in [9.17, 15) is 14.0 Å². The fraction of sp³-hybridized carbons (Fsp3) is 0. The van der Waals surface area contributed by atoms with Crippen molar-refractivity contribution in [1.82, 2.24) is 9.55 Å². The van der Waals surface area contributed by atoms with Crippen LogP contribution >= 0.6 is 0 Å². The second kappa shape index (κ2) is 4.59. The van der Waals surface area contributed by atoms with Gasteiger partial charge in [0.25, 0.3) is 5.56 Å². The summed E-state index contributed by atoms with van der Waals surface area (Å²) < 4.78 is 14.6. The molecule has 0 spiro atoms. The van der Waals surface area contributed by atoms with E-state index in [0.717, 1.165) is 16.8 Å². The van der Waals surface area contributed by atoms with E-state index < -0.39 is 17.1 Å². The van der Waals surface area contributed by atoms with E-state index in [1.165, 1.54) is 12.1 Å². The van der Waals surface area contributed by atoms with E-state index in [-0.39, 0.29) is 16.8 Å². The van der Waals surface area contributed by atoms with Gasteiger partial charge in [-0.15, -0.1) is 0 Å². The summed E-state index contributed by atoms with van der Waals surface area (Å²) in [6.07, 6.45) is 0.950. The van der Waals surface area contributed by atoms with Crippen molar-refractivity contribution in [3.63, 3.8) is 0 Å². The van der Waals surface area contributed by atoms with Gasteiger partial charge in [-0.05, 0) is 18.2 Å². The standard InChI is InChI=1S/C12H5FN4O2/c13-9-3-7(4-14)1-2-10(9)17-6-8(5-15)11(18)16-12(17)19/h1-3,6H,(H,16,18,19). The Morgan fingerprint density at radius 1 is 1.21 bits per heavy atom. The number of nitrogens with zero attached hydrogens (tertiary/aromatic N) is 3. The number of H-pyrrole nitrogens is 1. The summed E-state index contributed by atoms with van der Waals surface area (Å²) in [4.78, 5) is 24.7. The first-order valence-electron chi connectivity index (χ1n) is 5.03. The van der Waals surface area contributed by atoms with Gasteiger partial charge in [-0.25, -0.2) is 9.18 Å². The molecule has 2 aromatic rings. The fourth-order valence-electron chi connectivity index (χ4n) is 1.50. The Balaban J connectivity index is 2.74. The number of hydrogen-bond donors (Lipinski definition) is 1. The van der Waals surface area contributed by atoms with E-state index in [2.05, 4.69) is 0 Å². The first-order chi connectivity index (χ1) is 9.06. The minimum Gasteiger partial charge on any atom is -0.273 e. The Hall–Kier alpha value is -3.19. The van der Waals surface area contributed by atoms with Crippen LogP contribution in [0.4, 0.5) is 4.39 Å². The summed E-state index contributed by atoms with van der Waals surface area (Å²) in [6.45, 7) is 0. The third-order valence-corrected chi connectivity index (χ3v) is 2.40. The SMILES string of the molecule is N#Cc1ccc(-n2cc(C#N)c(=O)[nH]c2=O)c(F)c1. The van der Waals surface area contributed by atoms with E-state index >= 15 is 0 Å². The largest absolute Gasteiger partial charge is 0.333 e. The Labute approximate surface area is 105 Å². The molecule has 1 N–H and O–H groups in total. The number of aromatic nitrogens is 2. The Kier molecular flexibility index (Phi) is 2.96. The molecular formula is C12H5FN4O2. The van der Waals surface area contributed by atoms with Crippen molar-refractivity contribution in [2.45, 2.75) is 0 Å². The molecule has 2 rings (SSSR count). The maximum Gasteiger partial charge on any atom is 0.333 e. The molecule has 1 aromatic heterocycles. The van der Waals surface area contributed by atoms with Gasteiger partial charge in [-0.1, -0.05) is 0 Å². The van der Waals surface area contributed by atoms with Crippen LogP contribution in [0.2, 0.25) is 0 Å². The van der Waals surface area contributed by atoms with Gasteiger partial charge in [0, 0.05) is 6.20 Å². The van der Waals surface area contributed by atoms with Crippen LogP contribution in [0.15, 0.2) is 34.0 Å². The minimum absolute atomic E-state index is 0.0965. The summed E-state index contributed by atoms with van der Waals surface area (Å²) in [5.41, 5.74) is -2.08.